The number of carboxylic acid groups (broad SMARTS) is 1. The zero-order valence-electron chi connectivity index (χ0n) is 18.4. The number of hydrogen-bond donors (Lipinski definition) is 1. The zero-order chi connectivity index (χ0) is 22.5. The van der Waals surface area contributed by atoms with Crippen LogP contribution in [-0.2, 0) is 6.54 Å². The van der Waals surface area contributed by atoms with E-state index in [2.05, 4.69) is 15.6 Å². The van der Waals surface area contributed by atoms with Crippen molar-refractivity contribution in [2.45, 2.75) is 38.6 Å². The standard InChI is InChI=1S/C27H24N4O2/c1-16-3-2-4-22(29-16)24-25(31-15-17-5-6-21(13-17)26(31)30-24)20-11-12-28-23(14-20)18-7-9-19(10-8-18)27(32)33/h2-4,7-12,14,17,21H,5-6,13,15H2,1H3,(H,32,33). The van der Waals surface area contributed by atoms with Crippen molar-refractivity contribution in [3.05, 3.63) is 77.9 Å². The number of fused-ring (bicyclic) bond motifs is 4. The molecule has 3 aromatic heterocycles. The highest BCUT2D eigenvalue weighted by Crippen LogP contribution is 2.47. The van der Waals surface area contributed by atoms with Crippen molar-refractivity contribution in [3.63, 3.8) is 0 Å². The largest absolute Gasteiger partial charge is 0.478 e. The van der Waals surface area contributed by atoms with Crippen LogP contribution >= 0.6 is 0 Å². The third-order valence-electron chi connectivity index (χ3n) is 6.94. The molecule has 4 aromatic rings. The van der Waals surface area contributed by atoms with E-state index in [-0.39, 0.29) is 5.56 Å². The average molecular weight is 437 g/mol. The van der Waals surface area contributed by atoms with Gasteiger partial charge in [-0.15, -0.1) is 0 Å². The molecule has 1 aliphatic heterocycles. The summed E-state index contributed by atoms with van der Waals surface area (Å²) in [6, 6.07) is 17.1. The Balaban J connectivity index is 1.51. The summed E-state index contributed by atoms with van der Waals surface area (Å²) in [7, 11) is 0. The number of aromatic nitrogens is 4. The van der Waals surface area contributed by atoms with E-state index in [1.54, 1.807) is 12.1 Å². The molecule has 2 aliphatic rings. The molecule has 2 atom stereocenters. The monoisotopic (exact) mass is 436 g/mol. The van der Waals surface area contributed by atoms with Crippen molar-refractivity contribution in [1.29, 1.82) is 0 Å². The topological polar surface area (TPSA) is 80.9 Å². The molecular formula is C27H24N4O2. The van der Waals surface area contributed by atoms with Gasteiger partial charge >= 0.3 is 5.97 Å². The molecule has 0 saturated heterocycles. The van der Waals surface area contributed by atoms with Gasteiger partial charge in [-0.05, 0) is 68.5 Å². The van der Waals surface area contributed by atoms with E-state index in [1.807, 2.05) is 49.5 Å². The van der Waals surface area contributed by atoms with Crippen molar-refractivity contribution in [1.82, 2.24) is 19.5 Å². The SMILES string of the molecule is Cc1cccc(-c2nc3n(c2-c2ccnc(-c4ccc(C(=O)O)cc4)c2)CC2CCC3C2)n1. The van der Waals surface area contributed by atoms with Crippen molar-refractivity contribution < 1.29 is 9.90 Å². The Bertz CT molecular complexity index is 1370. The first kappa shape index (κ1) is 19.9. The maximum Gasteiger partial charge on any atom is 0.335 e. The lowest BCUT2D eigenvalue weighted by Crippen LogP contribution is -2.18. The van der Waals surface area contributed by atoms with Crippen molar-refractivity contribution in [2.24, 2.45) is 5.92 Å². The second-order valence-electron chi connectivity index (χ2n) is 9.13. The summed E-state index contributed by atoms with van der Waals surface area (Å²) in [5.74, 6) is 1.48. The van der Waals surface area contributed by atoms with Gasteiger partial charge in [0.2, 0.25) is 0 Å². The van der Waals surface area contributed by atoms with Crippen LogP contribution in [0.4, 0.5) is 0 Å². The van der Waals surface area contributed by atoms with Gasteiger partial charge in [-0.2, -0.15) is 0 Å². The van der Waals surface area contributed by atoms with Gasteiger partial charge in [-0.1, -0.05) is 18.2 Å². The van der Waals surface area contributed by atoms with Crippen molar-refractivity contribution >= 4 is 5.97 Å². The molecule has 0 spiro atoms. The molecule has 0 radical (unpaired) electrons. The molecule has 6 rings (SSSR count). The highest BCUT2D eigenvalue weighted by molar-refractivity contribution is 5.88. The number of imidazole rings is 1. The van der Waals surface area contributed by atoms with Gasteiger partial charge in [0.1, 0.15) is 11.5 Å². The van der Waals surface area contributed by atoms with Crippen LogP contribution in [0.5, 0.6) is 0 Å². The number of carboxylic acids is 1. The van der Waals surface area contributed by atoms with Crippen LogP contribution in [-0.4, -0.2) is 30.6 Å². The number of rotatable bonds is 4. The molecule has 1 aliphatic carbocycles. The summed E-state index contributed by atoms with van der Waals surface area (Å²) < 4.78 is 2.41. The summed E-state index contributed by atoms with van der Waals surface area (Å²) >= 11 is 0. The zero-order valence-corrected chi connectivity index (χ0v) is 18.4. The lowest BCUT2D eigenvalue weighted by molar-refractivity contribution is 0.0697. The van der Waals surface area contributed by atoms with Crippen LogP contribution in [0.25, 0.3) is 33.9 Å². The third kappa shape index (κ3) is 3.42. The number of hydrogen-bond acceptors (Lipinski definition) is 4. The first-order valence-corrected chi connectivity index (χ1v) is 11.4. The molecule has 6 heteroatoms. The smallest absolute Gasteiger partial charge is 0.335 e. The van der Waals surface area contributed by atoms with Crippen LogP contribution in [0, 0.1) is 12.8 Å². The predicted molar refractivity (Wildman–Crippen MR) is 126 cm³/mol. The Kier molecular flexibility index (Phi) is 4.61. The Morgan fingerprint density at radius 3 is 2.64 bits per heavy atom. The predicted octanol–water partition coefficient (Wildman–Crippen LogP) is 5.58. The number of aromatic carboxylic acids is 1. The van der Waals surface area contributed by atoms with Gasteiger partial charge < -0.3 is 9.67 Å². The molecule has 1 saturated carbocycles. The second-order valence-corrected chi connectivity index (χ2v) is 9.13. The molecule has 6 nitrogen and oxygen atoms in total. The van der Waals surface area contributed by atoms with Gasteiger partial charge in [-0.25, -0.2) is 9.78 Å². The number of carbonyl (C=O) groups is 1. The highest BCUT2D eigenvalue weighted by atomic mass is 16.4. The normalized spacial score (nSPS) is 18.8. The van der Waals surface area contributed by atoms with Gasteiger partial charge in [0.25, 0.3) is 0 Å². The quantitative estimate of drug-likeness (QED) is 0.452. The van der Waals surface area contributed by atoms with Gasteiger partial charge in [0.15, 0.2) is 0 Å². The van der Waals surface area contributed by atoms with E-state index in [0.29, 0.717) is 11.8 Å². The Labute approximate surface area is 192 Å². The Morgan fingerprint density at radius 1 is 1.00 bits per heavy atom. The molecule has 1 fully saturated rings. The van der Waals surface area contributed by atoms with E-state index in [1.165, 1.54) is 25.1 Å². The van der Waals surface area contributed by atoms with E-state index in [4.69, 9.17) is 9.97 Å². The highest BCUT2D eigenvalue weighted by Gasteiger charge is 2.37. The van der Waals surface area contributed by atoms with Crippen LogP contribution in [0.3, 0.4) is 0 Å². The summed E-state index contributed by atoms with van der Waals surface area (Å²) in [5.41, 5.74) is 6.91. The molecule has 164 valence electrons. The first-order valence-electron chi connectivity index (χ1n) is 11.4. The third-order valence-corrected chi connectivity index (χ3v) is 6.94. The van der Waals surface area contributed by atoms with Crippen LogP contribution < -0.4 is 0 Å². The lowest BCUT2D eigenvalue weighted by atomic mass is 9.99. The molecule has 2 bridgehead atoms. The molecule has 0 amide bonds. The number of pyridine rings is 2. The van der Waals surface area contributed by atoms with Gasteiger partial charge in [0, 0.05) is 35.5 Å². The van der Waals surface area contributed by atoms with E-state index in [9.17, 15) is 9.90 Å². The number of benzene rings is 1. The first-order chi connectivity index (χ1) is 16.1. The minimum atomic E-state index is -0.931. The van der Waals surface area contributed by atoms with Gasteiger partial charge in [-0.3, -0.25) is 9.97 Å². The molecule has 1 aromatic carbocycles. The fraction of sp³-hybridized carbons (Fsp3) is 0.259. The molecule has 33 heavy (non-hydrogen) atoms. The van der Waals surface area contributed by atoms with Crippen molar-refractivity contribution in [3.8, 4) is 33.9 Å². The lowest BCUT2D eigenvalue weighted by Gasteiger charge is -2.23. The number of nitrogens with zero attached hydrogens (tertiary/aromatic N) is 4. The van der Waals surface area contributed by atoms with Gasteiger partial charge in [0.05, 0.1) is 22.6 Å². The fourth-order valence-electron chi connectivity index (χ4n) is 5.37. The Hall–Kier alpha value is -3.80. The fourth-order valence-corrected chi connectivity index (χ4v) is 5.37. The molecule has 1 N–H and O–H groups in total. The van der Waals surface area contributed by atoms with E-state index >= 15 is 0 Å². The summed E-state index contributed by atoms with van der Waals surface area (Å²) in [4.78, 5) is 25.8. The van der Waals surface area contributed by atoms with Crippen LogP contribution in [0.2, 0.25) is 0 Å². The maximum absolute atomic E-state index is 11.2. The average Bonchev–Trinajstić information content (AvgIpc) is 3.41. The van der Waals surface area contributed by atoms with E-state index < -0.39 is 5.97 Å². The Morgan fingerprint density at radius 2 is 1.85 bits per heavy atom. The summed E-state index contributed by atoms with van der Waals surface area (Å²) in [6.07, 6.45) is 5.53. The van der Waals surface area contributed by atoms with E-state index in [0.717, 1.165) is 46.1 Å². The number of aryl methyl sites for hydroxylation is 1. The molecule has 4 heterocycles. The maximum atomic E-state index is 11.2. The van der Waals surface area contributed by atoms with Crippen molar-refractivity contribution in [2.75, 3.05) is 0 Å². The summed E-state index contributed by atoms with van der Waals surface area (Å²) in [5, 5.41) is 9.20. The van der Waals surface area contributed by atoms with Crippen LogP contribution in [0.15, 0.2) is 60.8 Å². The minimum absolute atomic E-state index is 0.267. The second kappa shape index (κ2) is 7.66. The minimum Gasteiger partial charge on any atom is -0.478 e. The molecule has 2 unspecified atom stereocenters. The molecular weight excluding hydrogens is 412 g/mol. The summed E-state index contributed by atoms with van der Waals surface area (Å²) in [6.45, 7) is 3.00. The van der Waals surface area contributed by atoms with Crippen LogP contribution in [0.1, 0.15) is 47.1 Å².